The van der Waals surface area contributed by atoms with Gasteiger partial charge in [-0.15, -0.1) is 0 Å². The zero-order chi connectivity index (χ0) is 30.4. The van der Waals surface area contributed by atoms with E-state index in [1.807, 2.05) is 41.5 Å². The lowest BCUT2D eigenvalue weighted by atomic mass is 9.87. The standard InChI is InChI=1S/C29H45NO10/c1-8-18(5)15-36-28(34)39-23-11-10-21(14-24(23)40-29(35)37-16-19(6)9-2)22(26(30)27(32)33)13-20(7)38-25(31)12-17(3)4/h10-11,14,17-20,22,26H,8-9,12-13,15-16,30H2,1-7H3,(H,32,33)/t18?,19?,20?,22?,26-/m0/s1. The maximum Gasteiger partial charge on any atom is 0.513 e. The highest BCUT2D eigenvalue weighted by Crippen LogP contribution is 2.35. The van der Waals surface area contributed by atoms with E-state index in [2.05, 4.69) is 0 Å². The predicted molar refractivity (Wildman–Crippen MR) is 147 cm³/mol. The van der Waals surface area contributed by atoms with Gasteiger partial charge in [0.1, 0.15) is 6.04 Å². The summed E-state index contributed by atoms with van der Waals surface area (Å²) in [5, 5.41) is 9.66. The third-order valence-corrected chi connectivity index (χ3v) is 6.36. The van der Waals surface area contributed by atoms with Crippen molar-refractivity contribution in [1.82, 2.24) is 0 Å². The maximum absolute atomic E-state index is 12.4. The van der Waals surface area contributed by atoms with Gasteiger partial charge in [0.05, 0.1) is 19.3 Å². The molecule has 0 spiro atoms. The van der Waals surface area contributed by atoms with E-state index in [0.717, 1.165) is 12.8 Å². The van der Waals surface area contributed by atoms with Gasteiger partial charge in [0.2, 0.25) is 0 Å². The summed E-state index contributed by atoms with van der Waals surface area (Å²) in [5.41, 5.74) is 6.39. The molecular weight excluding hydrogens is 522 g/mol. The molecule has 0 bridgehead atoms. The highest BCUT2D eigenvalue weighted by Gasteiger charge is 2.30. The van der Waals surface area contributed by atoms with Crippen LogP contribution in [0, 0.1) is 17.8 Å². The Morgan fingerprint density at radius 2 is 1.38 bits per heavy atom. The molecule has 0 aliphatic carbocycles. The summed E-state index contributed by atoms with van der Waals surface area (Å²) in [6.07, 6.45) is -0.788. The molecule has 1 aromatic carbocycles. The predicted octanol–water partition coefficient (Wildman–Crippen LogP) is 5.67. The van der Waals surface area contributed by atoms with Crippen molar-refractivity contribution in [2.24, 2.45) is 23.5 Å². The summed E-state index contributed by atoms with van der Waals surface area (Å²) in [4.78, 5) is 48.7. The first-order valence-electron chi connectivity index (χ1n) is 13.8. The minimum absolute atomic E-state index is 0.0757. The van der Waals surface area contributed by atoms with Gasteiger partial charge in [0, 0.05) is 12.3 Å². The van der Waals surface area contributed by atoms with Crippen molar-refractivity contribution < 1.29 is 48.0 Å². The summed E-state index contributed by atoms with van der Waals surface area (Å²) >= 11 is 0. The van der Waals surface area contributed by atoms with Gasteiger partial charge in [-0.3, -0.25) is 9.59 Å². The fourth-order valence-electron chi connectivity index (χ4n) is 3.49. The minimum atomic E-state index is -1.37. The van der Waals surface area contributed by atoms with Crippen molar-refractivity contribution in [3.63, 3.8) is 0 Å². The Bertz CT molecular complexity index is 980. The topological polar surface area (TPSA) is 161 Å². The molecule has 40 heavy (non-hydrogen) atoms. The Labute approximate surface area is 236 Å². The molecule has 0 aromatic heterocycles. The van der Waals surface area contributed by atoms with Gasteiger partial charge in [0.25, 0.3) is 0 Å². The Hall–Kier alpha value is -3.34. The molecule has 0 fully saturated rings. The number of nitrogens with two attached hydrogens (primary N) is 1. The van der Waals surface area contributed by atoms with Crippen LogP contribution < -0.4 is 15.2 Å². The third-order valence-electron chi connectivity index (χ3n) is 6.36. The molecule has 4 unspecified atom stereocenters. The molecule has 1 rings (SSSR count). The third kappa shape index (κ3) is 12.7. The molecule has 5 atom stereocenters. The fourth-order valence-corrected chi connectivity index (χ4v) is 3.49. The average molecular weight is 568 g/mol. The van der Waals surface area contributed by atoms with Crippen LogP contribution >= 0.6 is 0 Å². The Morgan fingerprint density at radius 1 is 0.850 bits per heavy atom. The van der Waals surface area contributed by atoms with Gasteiger partial charge in [-0.25, -0.2) is 9.59 Å². The fraction of sp³-hybridized carbons (Fsp3) is 0.655. The summed E-state index contributed by atoms with van der Waals surface area (Å²) in [5.74, 6) is -2.51. The lowest BCUT2D eigenvalue weighted by Crippen LogP contribution is -2.38. The van der Waals surface area contributed by atoms with E-state index < -0.39 is 42.3 Å². The van der Waals surface area contributed by atoms with Crippen LogP contribution in [-0.4, -0.2) is 54.7 Å². The molecule has 1 aromatic rings. The van der Waals surface area contributed by atoms with Crippen LogP contribution in [-0.2, 0) is 23.8 Å². The van der Waals surface area contributed by atoms with Crippen LogP contribution in [0.1, 0.15) is 85.6 Å². The van der Waals surface area contributed by atoms with Crippen molar-refractivity contribution in [2.45, 2.75) is 92.2 Å². The quantitative estimate of drug-likeness (QED) is 0.144. The van der Waals surface area contributed by atoms with Crippen LogP contribution in [0.2, 0.25) is 0 Å². The van der Waals surface area contributed by atoms with E-state index in [9.17, 15) is 24.3 Å². The molecule has 0 radical (unpaired) electrons. The van der Waals surface area contributed by atoms with E-state index >= 15 is 0 Å². The molecule has 11 nitrogen and oxygen atoms in total. The van der Waals surface area contributed by atoms with Gasteiger partial charge in [-0.05, 0) is 48.8 Å². The lowest BCUT2D eigenvalue weighted by Gasteiger charge is -2.25. The second-order valence-corrected chi connectivity index (χ2v) is 10.7. The SMILES string of the molecule is CCC(C)COC(=O)Oc1ccc(C(CC(C)OC(=O)CC(C)C)[C@H](N)C(=O)O)cc1OC(=O)OCC(C)CC. The van der Waals surface area contributed by atoms with Crippen molar-refractivity contribution in [3.05, 3.63) is 23.8 Å². The molecule has 3 N–H and O–H groups in total. The number of carboxylic acids is 1. The van der Waals surface area contributed by atoms with Crippen LogP contribution in [0.5, 0.6) is 11.5 Å². The number of rotatable bonds is 16. The zero-order valence-corrected chi connectivity index (χ0v) is 24.6. The Balaban J connectivity index is 3.29. The van der Waals surface area contributed by atoms with Gasteiger partial charge in [-0.1, -0.05) is 60.5 Å². The van der Waals surface area contributed by atoms with E-state index in [-0.39, 0.29) is 55.3 Å². The first-order valence-corrected chi connectivity index (χ1v) is 13.8. The van der Waals surface area contributed by atoms with E-state index in [4.69, 9.17) is 29.4 Å². The van der Waals surface area contributed by atoms with Crippen LogP contribution in [0.25, 0.3) is 0 Å². The van der Waals surface area contributed by atoms with E-state index in [0.29, 0.717) is 5.56 Å². The smallest absolute Gasteiger partial charge is 0.480 e. The first kappa shape index (κ1) is 34.7. The van der Waals surface area contributed by atoms with E-state index in [1.54, 1.807) is 6.92 Å². The van der Waals surface area contributed by atoms with Crippen molar-refractivity contribution >= 4 is 24.2 Å². The molecule has 11 heteroatoms. The first-order chi connectivity index (χ1) is 18.8. The number of carboxylic acid groups (broad SMARTS) is 1. The van der Waals surface area contributed by atoms with Gasteiger partial charge in [-0.2, -0.15) is 0 Å². The van der Waals surface area contributed by atoms with Crippen LogP contribution in [0.4, 0.5) is 9.59 Å². The van der Waals surface area contributed by atoms with Crippen molar-refractivity contribution in [3.8, 4) is 11.5 Å². The molecule has 226 valence electrons. The molecule has 0 amide bonds. The van der Waals surface area contributed by atoms with Crippen molar-refractivity contribution in [1.29, 1.82) is 0 Å². The van der Waals surface area contributed by atoms with Gasteiger partial charge < -0.3 is 34.5 Å². The second-order valence-electron chi connectivity index (χ2n) is 10.7. The Morgan fingerprint density at radius 3 is 1.85 bits per heavy atom. The molecule has 0 saturated carbocycles. The molecular formula is C29H45NO10. The van der Waals surface area contributed by atoms with Crippen LogP contribution in [0.15, 0.2) is 18.2 Å². The van der Waals surface area contributed by atoms with Gasteiger partial charge in [0.15, 0.2) is 11.5 Å². The van der Waals surface area contributed by atoms with Crippen LogP contribution in [0.3, 0.4) is 0 Å². The van der Waals surface area contributed by atoms with Crippen molar-refractivity contribution in [2.75, 3.05) is 13.2 Å². The summed E-state index contributed by atoms with van der Waals surface area (Å²) in [6.45, 7) is 13.4. The molecule has 0 aliphatic rings. The van der Waals surface area contributed by atoms with E-state index in [1.165, 1.54) is 18.2 Å². The number of esters is 1. The average Bonchev–Trinajstić information content (AvgIpc) is 2.88. The number of hydrogen-bond acceptors (Lipinski definition) is 10. The summed E-state index contributed by atoms with van der Waals surface area (Å²) in [7, 11) is 0. The molecule has 0 heterocycles. The number of ether oxygens (including phenoxy) is 5. The number of hydrogen-bond donors (Lipinski definition) is 2. The Kier molecular flexibility index (Phi) is 15.1. The highest BCUT2D eigenvalue weighted by molar-refractivity contribution is 5.75. The molecule has 0 saturated heterocycles. The normalized spacial score (nSPS) is 14.8. The summed E-state index contributed by atoms with van der Waals surface area (Å²) < 4.78 is 26.4. The zero-order valence-electron chi connectivity index (χ0n) is 24.6. The molecule has 0 aliphatic heterocycles. The number of benzene rings is 1. The lowest BCUT2D eigenvalue weighted by molar-refractivity contribution is -0.149. The largest absolute Gasteiger partial charge is 0.513 e. The minimum Gasteiger partial charge on any atom is -0.480 e. The number of carbonyl (C=O) groups is 4. The maximum atomic E-state index is 12.4. The van der Waals surface area contributed by atoms with Gasteiger partial charge >= 0.3 is 24.2 Å². The number of carbonyl (C=O) groups excluding carboxylic acids is 3. The second kappa shape index (κ2) is 17.4. The highest BCUT2D eigenvalue weighted by atomic mass is 16.7. The monoisotopic (exact) mass is 567 g/mol. The number of aliphatic carboxylic acids is 1. The summed E-state index contributed by atoms with van der Waals surface area (Å²) in [6, 6.07) is 2.85.